The number of hydrogen-bond acceptors (Lipinski definition) is 2. The second-order valence-corrected chi connectivity index (χ2v) is 4.98. The van der Waals surface area contributed by atoms with Crippen molar-refractivity contribution in [3.63, 3.8) is 0 Å². The number of nitro groups is 1. The van der Waals surface area contributed by atoms with Gasteiger partial charge in [0.05, 0.1) is 4.92 Å². The van der Waals surface area contributed by atoms with Gasteiger partial charge in [-0.05, 0) is 49.3 Å². The zero-order valence-corrected chi connectivity index (χ0v) is 13.0. The highest BCUT2D eigenvalue weighted by Gasteiger charge is 2.22. The summed E-state index contributed by atoms with van der Waals surface area (Å²) in [5.74, 6) is 0.579. The van der Waals surface area contributed by atoms with Crippen LogP contribution >= 0.6 is 0 Å². The SMILES string of the molecule is C/C=C(\c1cc([N+](=O)[O-])ccc1C)C1CCCC1.CC. The van der Waals surface area contributed by atoms with Crippen LogP contribution in [0.4, 0.5) is 5.69 Å². The van der Waals surface area contributed by atoms with Crippen LogP contribution in [0.1, 0.15) is 57.6 Å². The number of rotatable bonds is 3. The molecule has 110 valence electrons. The average molecular weight is 275 g/mol. The molecule has 2 rings (SSSR count). The van der Waals surface area contributed by atoms with Crippen LogP contribution in [-0.2, 0) is 0 Å². The summed E-state index contributed by atoms with van der Waals surface area (Å²) < 4.78 is 0. The van der Waals surface area contributed by atoms with Crippen LogP contribution < -0.4 is 0 Å². The standard InChI is InChI=1S/C15H19NO2.C2H6/c1-3-14(12-6-4-5-7-12)15-10-13(16(17)18)9-8-11(15)2;1-2/h3,8-10,12H,4-7H2,1-2H3;1-2H3/b14-3-;. The van der Waals surface area contributed by atoms with Gasteiger partial charge in [0.25, 0.3) is 5.69 Å². The van der Waals surface area contributed by atoms with Gasteiger partial charge in [0.15, 0.2) is 0 Å². The molecule has 1 aliphatic rings. The third kappa shape index (κ3) is 3.69. The Morgan fingerprint density at radius 2 is 1.90 bits per heavy atom. The molecule has 0 aliphatic heterocycles. The maximum absolute atomic E-state index is 10.9. The zero-order valence-electron chi connectivity index (χ0n) is 13.0. The molecule has 1 aromatic rings. The summed E-state index contributed by atoms with van der Waals surface area (Å²) in [6.07, 6.45) is 7.09. The number of non-ortho nitro benzene ring substituents is 1. The lowest BCUT2D eigenvalue weighted by Gasteiger charge is -2.16. The Kier molecular flexibility index (Phi) is 6.43. The van der Waals surface area contributed by atoms with Crippen molar-refractivity contribution in [2.45, 2.75) is 53.4 Å². The fourth-order valence-electron chi connectivity index (χ4n) is 2.88. The average Bonchev–Trinajstić information content (AvgIpc) is 2.97. The van der Waals surface area contributed by atoms with Gasteiger partial charge < -0.3 is 0 Å². The Morgan fingerprint density at radius 1 is 1.30 bits per heavy atom. The molecule has 1 aromatic carbocycles. The van der Waals surface area contributed by atoms with Gasteiger partial charge in [-0.1, -0.05) is 38.8 Å². The van der Waals surface area contributed by atoms with E-state index in [0.717, 1.165) is 11.1 Å². The monoisotopic (exact) mass is 275 g/mol. The smallest absolute Gasteiger partial charge is 0.258 e. The summed E-state index contributed by atoms with van der Waals surface area (Å²) >= 11 is 0. The van der Waals surface area contributed by atoms with E-state index in [1.165, 1.54) is 31.3 Å². The number of nitro benzene ring substituents is 1. The summed E-state index contributed by atoms with van der Waals surface area (Å²) in [4.78, 5) is 10.6. The Hall–Kier alpha value is -1.64. The van der Waals surface area contributed by atoms with Crippen LogP contribution in [0, 0.1) is 23.0 Å². The molecule has 0 unspecified atom stereocenters. The molecule has 20 heavy (non-hydrogen) atoms. The van der Waals surface area contributed by atoms with Crippen LogP contribution in [0.15, 0.2) is 24.3 Å². The van der Waals surface area contributed by atoms with E-state index >= 15 is 0 Å². The minimum Gasteiger partial charge on any atom is -0.258 e. The summed E-state index contributed by atoms with van der Waals surface area (Å²) in [6, 6.07) is 5.16. The first-order valence-electron chi connectivity index (χ1n) is 7.55. The van der Waals surface area contributed by atoms with E-state index in [1.54, 1.807) is 12.1 Å². The van der Waals surface area contributed by atoms with Crippen molar-refractivity contribution in [1.82, 2.24) is 0 Å². The molecule has 0 saturated heterocycles. The van der Waals surface area contributed by atoms with Crippen LogP contribution in [0.2, 0.25) is 0 Å². The van der Waals surface area contributed by atoms with Crippen molar-refractivity contribution in [2.24, 2.45) is 5.92 Å². The first-order chi connectivity index (χ1) is 9.63. The van der Waals surface area contributed by atoms with Gasteiger partial charge in [-0.3, -0.25) is 10.1 Å². The van der Waals surface area contributed by atoms with E-state index in [2.05, 4.69) is 6.08 Å². The quantitative estimate of drug-likeness (QED) is 0.538. The molecular formula is C17H25NO2. The molecule has 3 nitrogen and oxygen atoms in total. The van der Waals surface area contributed by atoms with E-state index in [9.17, 15) is 10.1 Å². The summed E-state index contributed by atoms with van der Waals surface area (Å²) in [5, 5.41) is 10.9. The van der Waals surface area contributed by atoms with Crippen molar-refractivity contribution in [2.75, 3.05) is 0 Å². The predicted molar refractivity (Wildman–Crippen MR) is 84.8 cm³/mol. The molecule has 1 aliphatic carbocycles. The second kappa shape index (κ2) is 7.83. The van der Waals surface area contributed by atoms with Gasteiger partial charge in [-0.2, -0.15) is 0 Å². The maximum Gasteiger partial charge on any atom is 0.270 e. The van der Waals surface area contributed by atoms with Crippen molar-refractivity contribution < 1.29 is 4.92 Å². The van der Waals surface area contributed by atoms with Gasteiger partial charge in [0.1, 0.15) is 0 Å². The molecule has 0 amide bonds. The summed E-state index contributed by atoms with van der Waals surface area (Å²) in [5.41, 5.74) is 3.65. The van der Waals surface area contributed by atoms with Crippen molar-refractivity contribution in [3.8, 4) is 0 Å². The third-order valence-electron chi connectivity index (χ3n) is 3.85. The van der Waals surface area contributed by atoms with E-state index in [-0.39, 0.29) is 10.6 Å². The number of allylic oxidation sites excluding steroid dienone is 2. The Balaban J connectivity index is 0.000000956. The molecular weight excluding hydrogens is 250 g/mol. The molecule has 3 heteroatoms. The lowest BCUT2D eigenvalue weighted by molar-refractivity contribution is -0.384. The molecule has 0 N–H and O–H groups in total. The fourth-order valence-corrected chi connectivity index (χ4v) is 2.88. The van der Waals surface area contributed by atoms with Crippen molar-refractivity contribution in [3.05, 3.63) is 45.5 Å². The molecule has 0 atom stereocenters. The second-order valence-electron chi connectivity index (χ2n) is 4.98. The minimum absolute atomic E-state index is 0.188. The molecule has 1 saturated carbocycles. The van der Waals surface area contributed by atoms with Gasteiger partial charge >= 0.3 is 0 Å². The van der Waals surface area contributed by atoms with Crippen LogP contribution in [0.3, 0.4) is 0 Å². The lowest BCUT2D eigenvalue weighted by atomic mass is 9.88. The van der Waals surface area contributed by atoms with E-state index in [1.807, 2.05) is 33.8 Å². The highest BCUT2D eigenvalue weighted by Crippen LogP contribution is 2.38. The number of benzene rings is 1. The summed E-state index contributed by atoms with van der Waals surface area (Å²) in [7, 11) is 0. The van der Waals surface area contributed by atoms with Crippen LogP contribution in [-0.4, -0.2) is 4.92 Å². The van der Waals surface area contributed by atoms with E-state index in [0.29, 0.717) is 5.92 Å². The molecule has 0 bridgehead atoms. The zero-order chi connectivity index (χ0) is 15.1. The van der Waals surface area contributed by atoms with Crippen LogP contribution in [0.5, 0.6) is 0 Å². The molecule has 0 aromatic heterocycles. The third-order valence-corrected chi connectivity index (χ3v) is 3.85. The summed E-state index contributed by atoms with van der Waals surface area (Å²) in [6.45, 7) is 8.06. The van der Waals surface area contributed by atoms with Crippen molar-refractivity contribution >= 4 is 11.3 Å². The Morgan fingerprint density at radius 3 is 2.40 bits per heavy atom. The van der Waals surface area contributed by atoms with Crippen molar-refractivity contribution in [1.29, 1.82) is 0 Å². The lowest BCUT2D eigenvalue weighted by Crippen LogP contribution is -2.01. The largest absolute Gasteiger partial charge is 0.270 e. The minimum atomic E-state index is -0.315. The highest BCUT2D eigenvalue weighted by molar-refractivity contribution is 5.71. The normalized spacial score (nSPS) is 15.7. The Bertz CT molecular complexity index is 486. The first-order valence-corrected chi connectivity index (χ1v) is 7.55. The molecule has 0 spiro atoms. The molecule has 0 radical (unpaired) electrons. The van der Waals surface area contributed by atoms with Gasteiger partial charge in [0.2, 0.25) is 0 Å². The van der Waals surface area contributed by atoms with Gasteiger partial charge in [-0.25, -0.2) is 0 Å². The van der Waals surface area contributed by atoms with E-state index < -0.39 is 0 Å². The molecule has 1 fully saturated rings. The molecule has 0 heterocycles. The van der Waals surface area contributed by atoms with Crippen LogP contribution in [0.25, 0.3) is 5.57 Å². The maximum atomic E-state index is 10.9. The topological polar surface area (TPSA) is 43.1 Å². The number of nitrogens with zero attached hydrogens (tertiary/aromatic N) is 1. The fraction of sp³-hybridized carbons (Fsp3) is 0.529. The first kappa shape index (κ1) is 16.4. The van der Waals surface area contributed by atoms with Gasteiger partial charge in [-0.15, -0.1) is 0 Å². The Labute approximate surface area is 121 Å². The highest BCUT2D eigenvalue weighted by atomic mass is 16.6. The predicted octanol–water partition coefficient (Wildman–Crippen LogP) is 5.52. The number of aryl methyl sites for hydroxylation is 1. The van der Waals surface area contributed by atoms with E-state index in [4.69, 9.17) is 0 Å². The van der Waals surface area contributed by atoms with Gasteiger partial charge in [0, 0.05) is 12.1 Å². The number of hydrogen-bond donors (Lipinski definition) is 0.